The Morgan fingerprint density at radius 2 is 1.72 bits per heavy atom. The van der Waals surface area contributed by atoms with Crippen LogP contribution in [0.4, 0.5) is 5.69 Å². The average Bonchev–Trinajstić information content (AvgIpc) is 3.73. The Balaban J connectivity index is 0.803. The van der Waals surface area contributed by atoms with E-state index in [2.05, 4.69) is 59.1 Å². The molecule has 4 heterocycles. The molecule has 2 saturated heterocycles. The average molecular weight is 787 g/mol. The molecular weight excluding hydrogens is 741 g/mol. The van der Waals surface area contributed by atoms with Gasteiger partial charge in [0.1, 0.15) is 6.04 Å². The number of anilines is 1. The number of H-pyrrole nitrogens is 1. The lowest BCUT2D eigenvalue weighted by Gasteiger charge is -2.39. The van der Waals surface area contributed by atoms with Crippen LogP contribution in [-0.4, -0.2) is 102 Å². The summed E-state index contributed by atoms with van der Waals surface area (Å²) >= 11 is 1.50. The van der Waals surface area contributed by atoms with Crippen molar-refractivity contribution in [3.05, 3.63) is 93.2 Å². The summed E-state index contributed by atoms with van der Waals surface area (Å²) in [5.74, 6) is -1.24. The Hall–Kier alpha value is -5.29. The van der Waals surface area contributed by atoms with E-state index in [4.69, 9.17) is 4.74 Å². The van der Waals surface area contributed by atoms with Gasteiger partial charge < -0.3 is 14.6 Å². The number of rotatable bonds is 12. The number of aromatic nitrogens is 1. The van der Waals surface area contributed by atoms with Crippen molar-refractivity contribution in [1.29, 1.82) is 5.26 Å². The van der Waals surface area contributed by atoms with E-state index in [1.807, 2.05) is 18.2 Å². The predicted molar refractivity (Wildman–Crippen MR) is 217 cm³/mol. The van der Waals surface area contributed by atoms with Crippen LogP contribution in [-0.2, 0) is 26.2 Å². The van der Waals surface area contributed by atoms with Crippen molar-refractivity contribution in [3.8, 4) is 6.07 Å². The Morgan fingerprint density at radius 3 is 2.47 bits per heavy atom. The number of carbonyl (C=O) groups excluding carboxylic acids is 5. The molecule has 0 radical (unpaired) electrons. The minimum atomic E-state index is -0.979. The second kappa shape index (κ2) is 15.6. The summed E-state index contributed by atoms with van der Waals surface area (Å²) < 4.78 is 5.97. The van der Waals surface area contributed by atoms with Gasteiger partial charge in [0.05, 0.1) is 28.3 Å². The van der Waals surface area contributed by atoms with E-state index in [0.29, 0.717) is 46.1 Å². The number of benzene rings is 3. The van der Waals surface area contributed by atoms with Gasteiger partial charge in [-0.05, 0) is 73.2 Å². The molecule has 1 unspecified atom stereocenters. The number of fused-ring (bicyclic) bond motifs is 5. The molecule has 13 heteroatoms. The predicted octanol–water partition coefficient (Wildman–Crippen LogP) is 5.58. The summed E-state index contributed by atoms with van der Waals surface area (Å²) in [6.07, 6.45) is 2.74. The van der Waals surface area contributed by atoms with Crippen LogP contribution < -0.4 is 10.2 Å². The number of aromatic amines is 1. The molecule has 12 nitrogen and oxygen atoms in total. The Labute approximate surface area is 335 Å². The van der Waals surface area contributed by atoms with Gasteiger partial charge in [0.15, 0.2) is 5.78 Å². The first-order chi connectivity index (χ1) is 27.5. The fourth-order valence-corrected chi connectivity index (χ4v) is 9.81. The molecule has 4 aromatic rings. The number of amides is 4. The van der Waals surface area contributed by atoms with Crippen molar-refractivity contribution in [2.24, 2.45) is 0 Å². The highest BCUT2D eigenvalue weighted by molar-refractivity contribution is 7.99. The van der Waals surface area contributed by atoms with E-state index in [9.17, 15) is 29.2 Å². The lowest BCUT2D eigenvalue weighted by atomic mass is 9.70. The summed E-state index contributed by atoms with van der Waals surface area (Å²) in [5, 5.41) is 12.5. The number of ketones is 1. The maximum absolute atomic E-state index is 14.1. The van der Waals surface area contributed by atoms with E-state index in [1.54, 1.807) is 18.2 Å². The number of nitrogens with one attached hydrogen (secondary N) is 2. The zero-order chi connectivity index (χ0) is 40.0. The van der Waals surface area contributed by atoms with Crippen LogP contribution in [0, 0.1) is 11.3 Å². The third-order valence-corrected chi connectivity index (χ3v) is 13.0. The fraction of sp³-hybridized carbons (Fsp3) is 0.409. The highest BCUT2D eigenvalue weighted by Gasteiger charge is 2.46. The maximum atomic E-state index is 14.1. The lowest BCUT2D eigenvalue weighted by molar-refractivity contribution is -0.136. The lowest BCUT2D eigenvalue weighted by Crippen LogP contribution is -2.54. The molecule has 3 aliphatic heterocycles. The second-order valence-electron chi connectivity index (χ2n) is 15.7. The molecule has 4 aliphatic rings. The Kier molecular flexibility index (Phi) is 10.5. The third kappa shape index (κ3) is 6.94. The van der Waals surface area contributed by atoms with Gasteiger partial charge in [-0.3, -0.25) is 39.1 Å². The number of thioether (sulfide) groups is 1. The number of ether oxygens (including phenoxy) is 1. The van der Waals surface area contributed by atoms with Crippen molar-refractivity contribution in [2.75, 3.05) is 56.6 Å². The number of imide groups is 2. The quantitative estimate of drug-likeness (QED) is 0.106. The van der Waals surface area contributed by atoms with Crippen LogP contribution >= 0.6 is 11.8 Å². The van der Waals surface area contributed by atoms with Crippen molar-refractivity contribution in [1.82, 2.24) is 20.1 Å². The van der Waals surface area contributed by atoms with Crippen LogP contribution in [0.5, 0.6) is 0 Å². The Morgan fingerprint density at radius 1 is 0.930 bits per heavy atom. The molecule has 57 heavy (non-hydrogen) atoms. The number of aryl methyl sites for hydroxylation is 1. The van der Waals surface area contributed by atoms with E-state index in [1.165, 1.54) is 23.0 Å². The first-order valence-electron chi connectivity index (χ1n) is 19.8. The summed E-state index contributed by atoms with van der Waals surface area (Å²) in [6.45, 7) is 12.4. The summed E-state index contributed by atoms with van der Waals surface area (Å²) in [7, 11) is 0. The molecule has 0 bridgehead atoms. The summed E-state index contributed by atoms with van der Waals surface area (Å²) in [5.41, 5.74) is 7.38. The third-order valence-electron chi connectivity index (χ3n) is 11.9. The molecule has 1 aliphatic carbocycles. The molecular formula is C44H46N6O6S. The number of carbonyl (C=O) groups is 5. The van der Waals surface area contributed by atoms with Crippen LogP contribution in [0.1, 0.15) is 105 Å². The monoisotopic (exact) mass is 786 g/mol. The number of nitriles is 1. The first-order valence-corrected chi connectivity index (χ1v) is 20.8. The van der Waals surface area contributed by atoms with Crippen molar-refractivity contribution < 1.29 is 28.7 Å². The molecule has 1 aromatic heterocycles. The number of piperazine rings is 1. The van der Waals surface area contributed by atoms with Crippen LogP contribution in [0.25, 0.3) is 10.9 Å². The van der Waals surface area contributed by atoms with Gasteiger partial charge in [-0.2, -0.15) is 5.26 Å². The smallest absolute Gasteiger partial charge is 0.263 e. The van der Waals surface area contributed by atoms with Gasteiger partial charge in [0.25, 0.3) is 11.8 Å². The standard InChI is InChI=1S/C44H46N6O6S/c1-4-27-23-30-31(44(2,3)40-38(39(30)52)28-11-10-26(25-45)22-32(28)46-40)24-34(27)49-17-15-48(16-18-49)14-6-19-56-20-7-21-57-35-9-5-8-29-37(35)43(55)50(42(29)54)33-12-13-36(51)47-41(33)53/h5,8-11,22-24,33,46H,4,6-7,12-21H2,1-3H3,(H,47,51,53). The highest BCUT2D eigenvalue weighted by Crippen LogP contribution is 2.46. The second-order valence-corrected chi connectivity index (χ2v) is 16.8. The van der Waals surface area contributed by atoms with E-state index in [0.717, 1.165) is 84.6 Å². The normalized spacial score (nSPS) is 19.1. The van der Waals surface area contributed by atoms with E-state index < -0.39 is 35.1 Å². The zero-order valence-electron chi connectivity index (χ0n) is 32.5. The number of hydrogen-bond acceptors (Lipinski definition) is 10. The number of nitrogens with zero attached hydrogens (tertiary/aromatic N) is 4. The largest absolute Gasteiger partial charge is 0.381 e. The minimum absolute atomic E-state index is 0.0379. The molecule has 294 valence electrons. The van der Waals surface area contributed by atoms with E-state index in [-0.39, 0.29) is 18.6 Å². The molecule has 2 N–H and O–H groups in total. The first kappa shape index (κ1) is 38.6. The van der Waals surface area contributed by atoms with Crippen LogP contribution in [0.3, 0.4) is 0 Å². The van der Waals surface area contributed by atoms with Gasteiger partial charge in [0, 0.05) is 96.3 Å². The molecule has 2 fully saturated rings. The van der Waals surface area contributed by atoms with Gasteiger partial charge in [-0.25, -0.2) is 0 Å². The summed E-state index contributed by atoms with van der Waals surface area (Å²) in [4.78, 5) is 74.7. The number of hydrogen-bond donors (Lipinski definition) is 2. The zero-order valence-corrected chi connectivity index (χ0v) is 33.4. The molecule has 4 amide bonds. The summed E-state index contributed by atoms with van der Waals surface area (Å²) in [6, 6.07) is 16.3. The Bertz CT molecular complexity index is 2370. The van der Waals surface area contributed by atoms with Crippen molar-refractivity contribution in [2.45, 2.75) is 69.2 Å². The van der Waals surface area contributed by atoms with Crippen LogP contribution in [0.2, 0.25) is 0 Å². The maximum Gasteiger partial charge on any atom is 0.263 e. The molecule has 8 rings (SSSR count). The fourth-order valence-electron chi connectivity index (χ4n) is 8.81. The molecule has 1 atom stereocenters. The van der Waals surface area contributed by atoms with Crippen LogP contribution in [0.15, 0.2) is 53.4 Å². The highest BCUT2D eigenvalue weighted by atomic mass is 32.2. The van der Waals surface area contributed by atoms with Gasteiger partial charge in [-0.15, -0.1) is 11.8 Å². The van der Waals surface area contributed by atoms with Gasteiger partial charge in [0.2, 0.25) is 11.8 Å². The molecule has 0 spiro atoms. The minimum Gasteiger partial charge on any atom is -0.381 e. The van der Waals surface area contributed by atoms with Crippen molar-refractivity contribution >= 4 is 57.8 Å². The van der Waals surface area contributed by atoms with Gasteiger partial charge >= 0.3 is 0 Å². The topological polar surface area (TPSA) is 156 Å². The van der Waals surface area contributed by atoms with Crippen molar-refractivity contribution in [3.63, 3.8) is 0 Å². The molecule has 3 aromatic carbocycles. The molecule has 0 saturated carbocycles. The number of piperidine rings is 1. The SMILES string of the molecule is CCc1cc2c(cc1N1CCN(CCCOCCCSc3cccc4c3C(=O)N(C3CCC(=O)NC3=O)C4=O)CC1)C(C)(C)c1[nH]c3cc(C#N)ccc3c1C2=O. The van der Waals surface area contributed by atoms with E-state index >= 15 is 0 Å². The van der Waals surface area contributed by atoms with Gasteiger partial charge in [-0.1, -0.05) is 32.9 Å².